The SMILES string of the molecule is COc1cccc(COc2cccc(C(=O)C(CCC(=O)O)c3ccccc3C)c2)c1. The van der Waals surface area contributed by atoms with Crippen LogP contribution in [0.25, 0.3) is 0 Å². The Bertz CT molecular complexity index is 1060. The van der Waals surface area contributed by atoms with Gasteiger partial charge in [0, 0.05) is 17.9 Å². The molecule has 0 aliphatic heterocycles. The van der Waals surface area contributed by atoms with Crippen molar-refractivity contribution in [1.29, 1.82) is 0 Å². The lowest BCUT2D eigenvalue weighted by Crippen LogP contribution is -2.16. The zero-order valence-electron chi connectivity index (χ0n) is 17.7. The van der Waals surface area contributed by atoms with Gasteiger partial charge in [0.1, 0.15) is 18.1 Å². The molecule has 0 spiro atoms. The molecule has 3 aromatic rings. The van der Waals surface area contributed by atoms with Crippen LogP contribution in [-0.2, 0) is 11.4 Å². The molecular formula is C26H26O5. The summed E-state index contributed by atoms with van der Waals surface area (Å²) < 4.78 is 11.1. The third-order valence-electron chi connectivity index (χ3n) is 5.19. The van der Waals surface area contributed by atoms with E-state index in [9.17, 15) is 9.59 Å². The Balaban J connectivity index is 1.80. The number of methoxy groups -OCH3 is 1. The van der Waals surface area contributed by atoms with Crippen LogP contribution in [0.5, 0.6) is 11.5 Å². The smallest absolute Gasteiger partial charge is 0.303 e. The average molecular weight is 418 g/mol. The van der Waals surface area contributed by atoms with Gasteiger partial charge in [0.25, 0.3) is 0 Å². The molecule has 0 aromatic heterocycles. The lowest BCUT2D eigenvalue weighted by atomic mass is 9.85. The highest BCUT2D eigenvalue weighted by atomic mass is 16.5. The topological polar surface area (TPSA) is 72.8 Å². The van der Waals surface area contributed by atoms with Gasteiger partial charge in [0.2, 0.25) is 0 Å². The Morgan fingerprint density at radius 1 is 0.935 bits per heavy atom. The van der Waals surface area contributed by atoms with E-state index in [4.69, 9.17) is 14.6 Å². The van der Waals surface area contributed by atoms with Gasteiger partial charge in [0.15, 0.2) is 5.78 Å². The van der Waals surface area contributed by atoms with Gasteiger partial charge in [-0.05, 0) is 54.3 Å². The van der Waals surface area contributed by atoms with Crippen molar-refractivity contribution in [3.05, 3.63) is 95.1 Å². The monoisotopic (exact) mass is 418 g/mol. The Hall–Kier alpha value is -3.60. The molecular weight excluding hydrogens is 392 g/mol. The maximum atomic E-state index is 13.4. The standard InChI is InChI=1S/C26H26O5/c1-18-7-3-4-12-23(18)24(13-14-25(27)28)26(29)20-9-6-11-22(16-20)31-17-19-8-5-10-21(15-19)30-2/h3-12,15-16,24H,13-14,17H2,1-2H3,(H,27,28). The highest BCUT2D eigenvalue weighted by molar-refractivity contribution is 6.01. The molecule has 5 heteroatoms. The van der Waals surface area contributed by atoms with Gasteiger partial charge in [-0.25, -0.2) is 0 Å². The fourth-order valence-electron chi connectivity index (χ4n) is 3.54. The fraction of sp³-hybridized carbons (Fsp3) is 0.231. The molecule has 1 N–H and O–H groups in total. The zero-order valence-corrected chi connectivity index (χ0v) is 17.7. The predicted molar refractivity (Wildman–Crippen MR) is 119 cm³/mol. The van der Waals surface area contributed by atoms with E-state index >= 15 is 0 Å². The van der Waals surface area contributed by atoms with E-state index in [1.165, 1.54) is 0 Å². The number of carboxylic acids is 1. The van der Waals surface area contributed by atoms with Gasteiger partial charge < -0.3 is 14.6 Å². The molecule has 3 aromatic carbocycles. The number of ketones is 1. The summed E-state index contributed by atoms with van der Waals surface area (Å²) in [6.45, 7) is 2.28. The largest absolute Gasteiger partial charge is 0.497 e. The van der Waals surface area contributed by atoms with Crippen LogP contribution >= 0.6 is 0 Å². The Kier molecular flexibility index (Phi) is 7.44. The average Bonchev–Trinajstić information content (AvgIpc) is 2.79. The predicted octanol–water partition coefficient (Wildman–Crippen LogP) is 5.41. The molecule has 0 amide bonds. The highest BCUT2D eigenvalue weighted by Gasteiger charge is 2.24. The lowest BCUT2D eigenvalue weighted by Gasteiger charge is -2.18. The van der Waals surface area contributed by atoms with Crippen molar-refractivity contribution in [3.63, 3.8) is 0 Å². The second-order valence-corrected chi connectivity index (χ2v) is 7.37. The maximum Gasteiger partial charge on any atom is 0.303 e. The minimum atomic E-state index is -0.915. The Labute approximate surface area is 182 Å². The van der Waals surface area contributed by atoms with Crippen molar-refractivity contribution >= 4 is 11.8 Å². The first-order chi connectivity index (χ1) is 15.0. The number of aryl methyl sites for hydroxylation is 1. The fourth-order valence-corrected chi connectivity index (χ4v) is 3.54. The van der Waals surface area contributed by atoms with Gasteiger partial charge in [-0.15, -0.1) is 0 Å². The number of hydrogen-bond donors (Lipinski definition) is 1. The van der Waals surface area contributed by atoms with Crippen molar-refractivity contribution in [2.45, 2.75) is 32.3 Å². The summed E-state index contributed by atoms with van der Waals surface area (Å²) in [7, 11) is 1.62. The Morgan fingerprint density at radius 2 is 1.68 bits per heavy atom. The van der Waals surface area contributed by atoms with Gasteiger partial charge >= 0.3 is 5.97 Å². The molecule has 0 saturated carbocycles. The van der Waals surface area contributed by atoms with E-state index in [1.807, 2.05) is 55.5 Å². The number of aliphatic carboxylic acids is 1. The van der Waals surface area contributed by atoms with Gasteiger partial charge in [-0.3, -0.25) is 9.59 Å². The second kappa shape index (κ2) is 10.4. The van der Waals surface area contributed by atoms with Gasteiger partial charge in [-0.2, -0.15) is 0 Å². The number of ether oxygens (including phenoxy) is 2. The van der Waals surface area contributed by atoms with E-state index in [2.05, 4.69) is 0 Å². The number of carboxylic acid groups (broad SMARTS) is 1. The van der Waals surface area contributed by atoms with E-state index in [1.54, 1.807) is 31.4 Å². The van der Waals surface area contributed by atoms with E-state index in [0.29, 0.717) is 17.9 Å². The number of Topliss-reactive ketones (excluding diaryl/α,β-unsaturated/α-hetero) is 1. The van der Waals surface area contributed by atoms with Crippen molar-refractivity contribution < 1.29 is 24.2 Å². The second-order valence-electron chi connectivity index (χ2n) is 7.37. The van der Waals surface area contributed by atoms with Gasteiger partial charge in [0.05, 0.1) is 7.11 Å². The highest BCUT2D eigenvalue weighted by Crippen LogP contribution is 2.29. The minimum Gasteiger partial charge on any atom is -0.497 e. The molecule has 3 rings (SSSR count). The van der Waals surface area contributed by atoms with Crippen LogP contribution in [0, 0.1) is 6.92 Å². The third kappa shape index (κ3) is 5.95. The van der Waals surface area contributed by atoms with Gasteiger partial charge in [-0.1, -0.05) is 48.5 Å². The summed E-state index contributed by atoms with van der Waals surface area (Å²) >= 11 is 0. The molecule has 0 aliphatic rings. The molecule has 160 valence electrons. The van der Waals surface area contributed by atoms with Crippen molar-refractivity contribution in [1.82, 2.24) is 0 Å². The minimum absolute atomic E-state index is 0.0726. The molecule has 31 heavy (non-hydrogen) atoms. The molecule has 0 heterocycles. The number of carbonyl (C=O) groups excluding carboxylic acids is 1. The Morgan fingerprint density at radius 3 is 2.42 bits per heavy atom. The molecule has 1 unspecified atom stereocenters. The summed E-state index contributed by atoms with van der Waals surface area (Å²) in [6.07, 6.45) is 0.171. The van der Waals surface area contributed by atoms with Crippen LogP contribution < -0.4 is 9.47 Å². The quantitative estimate of drug-likeness (QED) is 0.446. The molecule has 0 bridgehead atoms. The summed E-state index contributed by atoms with van der Waals surface area (Å²) in [5.74, 6) is -0.213. The van der Waals surface area contributed by atoms with Crippen LogP contribution in [-0.4, -0.2) is 24.0 Å². The van der Waals surface area contributed by atoms with Crippen LogP contribution in [0.2, 0.25) is 0 Å². The number of hydrogen-bond acceptors (Lipinski definition) is 4. The van der Waals surface area contributed by atoms with Crippen molar-refractivity contribution in [3.8, 4) is 11.5 Å². The number of benzene rings is 3. The van der Waals surface area contributed by atoms with E-state index in [-0.39, 0.29) is 18.6 Å². The molecule has 0 radical (unpaired) electrons. The first kappa shape index (κ1) is 22.1. The molecule has 0 aliphatic carbocycles. The first-order valence-corrected chi connectivity index (χ1v) is 10.1. The maximum absolute atomic E-state index is 13.4. The molecule has 1 atom stereocenters. The number of carbonyl (C=O) groups is 2. The summed E-state index contributed by atoms with van der Waals surface area (Å²) in [5.41, 5.74) is 3.28. The molecule has 5 nitrogen and oxygen atoms in total. The van der Waals surface area contributed by atoms with Crippen LogP contribution in [0.3, 0.4) is 0 Å². The first-order valence-electron chi connectivity index (χ1n) is 10.1. The van der Waals surface area contributed by atoms with E-state index < -0.39 is 11.9 Å². The third-order valence-corrected chi connectivity index (χ3v) is 5.19. The van der Waals surface area contributed by atoms with Crippen molar-refractivity contribution in [2.24, 2.45) is 0 Å². The summed E-state index contributed by atoms with van der Waals surface area (Å²) in [4.78, 5) is 24.5. The van der Waals surface area contributed by atoms with Crippen LogP contribution in [0.1, 0.15) is 45.8 Å². The summed E-state index contributed by atoms with van der Waals surface area (Å²) in [6, 6.07) is 22.2. The zero-order chi connectivity index (χ0) is 22.2. The van der Waals surface area contributed by atoms with Crippen LogP contribution in [0.15, 0.2) is 72.8 Å². The van der Waals surface area contributed by atoms with E-state index in [0.717, 1.165) is 22.4 Å². The number of rotatable bonds is 10. The lowest BCUT2D eigenvalue weighted by molar-refractivity contribution is -0.137. The van der Waals surface area contributed by atoms with Crippen molar-refractivity contribution in [2.75, 3.05) is 7.11 Å². The van der Waals surface area contributed by atoms with Crippen LogP contribution in [0.4, 0.5) is 0 Å². The summed E-state index contributed by atoms with van der Waals surface area (Å²) in [5, 5.41) is 9.15. The normalized spacial score (nSPS) is 11.5. The molecule has 0 saturated heterocycles. The molecule has 0 fully saturated rings.